The second-order valence-electron chi connectivity index (χ2n) is 4.07. The summed E-state index contributed by atoms with van der Waals surface area (Å²) >= 11 is 0. The summed E-state index contributed by atoms with van der Waals surface area (Å²) in [6.07, 6.45) is 3.65. The minimum Gasteiger partial charge on any atom is -0.318 e. The third-order valence-electron chi connectivity index (χ3n) is 2.79. The van der Waals surface area contributed by atoms with Crippen LogP contribution < -0.4 is 5.30 Å². The maximum absolute atomic E-state index is 12.6. The van der Waals surface area contributed by atoms with Crippen LogP contribution in [0.25, 0.3) is 0 Å². The zero-order chi connectivity index (χ0) is 10.2. The van der Waals surface area contributed by atoms with E-state index < -0.39 is 7.14 Å². The molecule has 1 aliphatic rings. The Kier molecular flexibility index (Phi) is 2.36. The van der Waals surface area contributed by atoms with E-state index in [0.29, 0.717) is 0 Å². The van der Waals surface area contributed by atoms with Crippen LogP contribution in [-0.2, 0) is 4.57 Å². The molecular weight excluding hydrogens is 191 g/mol. The Bertz CT molecular complexity index is 432. The fourth-order valence-electron chi connectivity index (χ4n) is 2.04. The normalized spacial score (nSPS) is 26.3. The Morgan fingerprint density at radius 1 is 1.21 bits per heavy atom. The first-order valence-electron chi connectivity index (χ1n) is 4.92. The molecule has 1 aliphatic heterocycles. The molecule has 1 aromatic carbocycles. The van der Waals surface area contributed by atoms with Crippen molar-refractivity contribution < 1.29 is 4.57 Å². The molecule has 1 heterocycles. The second kappa shape index (κ2) is 3.40. The van der Waals surface area contributed by atoms with E-state index in [1.165, 1.54) is 11.1 Å². The molecular formula is C12H15OP. The Hall–Kier alpha value is -0.810. The van der Waals surface area contributed by atoms with Crippen LogP contribution in [0.4, 0.5) is 0 Å². The molecule has 2 heteroatoms. The minimum absolute atomic E-state index is 0.754. The van der Waals surface area contributed by atoms with E-state index in [0.717, 1.165) is 17.6 Å². The van der Waals surface area contributed by atoms with Crippen LogP contribution in [0.3, 0.4) is 0 Å². The van der Waals surface area contributed by atoms with E-state index in [2.05, 4.69) is 13.0 Å². The number of allylic oxidation sites excluding steroid dienone is 2. The summed E-state index contributed by atoms with van der Waals surface area (Å²) in [6, 6.07) is 8.04. The smallest absolute Gasteiger partial charge is 0.123 e. The van der Waals surface area contributed by atoms with Crippen molar-refractivity contribution in [1.82, 2.24) is 0 Å². The fourth-order valence-corrected chi connectivity index (χ4v) is 5.15. The van der Waals surface area contributed by atoms with Crippen LogP contribution >= 0.6 is 7.14 Å². The van der Waals surface area contributed by atoms with E-state index in [1.807, 2.05) is 31.2 Å². The molecule has 14 heavy (non-hydrogen) atoms. The SMILES string of the molecule is CC1=CC[P@@](=O)(c2ccccc2C)C1. The average molecular weight is 206 g/mol. The maximum atomic E-state index is 12.6. The van der Waals surface area contributed by atoms with Gasteiger partial charge in [0, 0.05) is 17.6 Å². The van der Waals surface area contributed by atoms with Crippen molar-refractivity contribution in [3.05, 3.63) is 41.5 Å². The monoisotopic (exact) mass is 206 g/mol. The Morgan fingerprint density at radius 2 is 1.93 bits per heavy atom. The largest absolute Gasteiger partial charge is 0.318 e. The highest BCUT2D eigenvalue weighted by atomic mass is 31.2. The van der Waals surface area contributed by atoms with Crippen molar-refractivity contribution in [1.29, 1.82) is 0 Å². The molecule has 0 N–H and O–H groups in total. The molecule has 0 saturated heterocycles. The van der Waals surface area contributed by atoms with E-state index in [9.17, 15) is 4.57 Å². The van der Waals surface area contributed by atoms with Gasteiger partial charge in [0.15, 0.2) is 0 Å². The number of aryl methyl sites for hydroxylation is 1. The number of rotatable bonds is 1. The van der Waals surface area contributed by atoms with E-state index in [4.69, 9.17) is 0 Å². The summed E-state index contributed by atoms with van der Waals surface area (Å²) in [7, 11) is -2.11. The van der Waals surface area contributed by atoms with E-state index >= 15 is 0 Å². The summed E-state index contributed by atoms with van der Waals surface area (Å²) in [6.45, 7) is 4.11. The standard InChI is InChI=1S/C12H15OP/c1-10-7-8-14(13,9-10)12-6-4-3-5-11(12)2/h3-7H,8-9H2,1-2H3/t14-/m0/s1. The Morgan fingerprint density at radius 3 is 2.50 bits per heavy atom. The first kappa shape index (κ1) is 9.73. The number of benzene rings is 1. The molecule has 1 aromatic rings. The van der Waals surface area contributed by atoms with Gasteiger partial charge in [0.05, 0.1) is 0 Å². The molecule has 0 aromatic heterocycles. The molecule has 2 rings (SSSR count). The van der Waals surface area contributed by atoms with Crippen molar-refractivity contribution >= 4 is 12.4 Å². The lowest BCUT2D eigenvalue weighted by atomic mass is 10.2. The van der Waals surface area contributed by atoms with Crippen LogP contribution in [0.2, 0.25) is 0 Å². The Labute approximate surface area is 85.2 Å². The van der Waals surface area contributed by atoms with Gasteiger partial charge in [-0.15, -0.1) is 0 Å². The third kappa shape index (κ3) is 1.57. The van der Waals surface area contributed by atoms with Gasteiger partial charge in [0.25, 0.3) is 0 Å². The van der Waals surface area contributed by atoms with Gasteiger partial charge in [-0.05, 0) is 19.4 Å². The second-order valence-corrected chi connectivity index (χ2v) is 7.01. The lowest BCUT2D eigenvalue weighted by molar-refractivity contribution is 0.585. The van der Waals surface area contributed by atoms with Crippen LogP contribution in [-0.4, -0.2) is 12.3 Å². The topological polar surface area (TPSA) is 17.1 Å². The molecule has 0 bridgehead atoms. The molecule has 1 nitrogen and oxygen atoms in total. The van der Waals surface area contributed by atoms with Crippen molar-refractivity contribution in [2.24, 2.45) is 0 Å². The summed E-state index contributed by atoms with van der Waals surface area (Å²) < 4.78 is 12.6. The van der Waals surface area contributed by atoms with Gasteiger partial charge in [-0.3, -0.25) is 0 Å². The first-order valence-corrected chi connectivity index (χ1v) is 6.99. The molecule has 0 amide bonds. The summed E-state index contributed by atoms with van der Waals surface area (Å²) in [4.78, 5) is 0. The molecule has 1 atom stereocenters. The molecule has 0 aliphatic carbocycles. The molecule has 0 saturated carbocycles. The maximum Gasteiger partial charge on any atom is 0.123 e. The highest BCUT2D eigenvalue weighted by molar-refractivity contribution is 7.72. The average Bonchev–Trinajstić information content (AvgIpc) is 2.48. The van der Waals surface area contributed by atoms with Crippen molar-refractivity contribution in [3.63, 3.8) is 0 Å². The molecule has 0 radical (unpaired) electrons. The number of hydrogen-bond donors (Lipinski definition) is 0. The van der Waals surface area contributed by atoms with E-state index in [1.54, 1.807) is 0 Å². The van der Waals surface area contributed by atoms with E-state index in [-0.39, 0.29) is 0 Å². The summed E-state index contributed by atoms with van der Waals surface area (Å²) in [5.41, 5.74) is 2.44. The lowest BCUT2D eigenvalue weighted by Crippen LogP contribution is -2.10. The predicted octanol–water partition coefficient (Wildman–Crippen LogP) is 2.94. The zero-order valence-corrected chi connectivity index (χ0v) is 9.55. The minimum atomic E-state index is -2.11. The van der Waals surface area contributed by atoms with Crippen LogP contribution in [0.1, 0.15) is 12.5 Å². The quantitative estimate of drug-likeness (QED) is 0.510. The van der Waals surface area contributed by atoms with Gasteiger partial charge in [-0.1, -0.05) is 35.9 Å². The van der Waals surface area contributed by atoms with Gasteiger partial charge in [-0.25, -0.2) is 0 Å². The van der Waals surface area contributed by atoms with Gasteiger partial charge in [-0.2, -0.15) is 0 Å². The molecule has 74 valence electrons. The molecule has 0 unspecified atom stereocenters. The van der Waals surface area contributed by atoms with Crippen LogP contribution in [0, 0.1) is 6.92 Å². The van der Waals surface area contributed by atoms with Gasteiger partial charge < -0.3 is 4.57 Å². The highest BCUT2D eigenvalue weighted by Crippen LogP contribution is 2.50. The van der Waals surface area contributed by atoms with Gasteiger partial charge in [0.1, 0.15) is 7.14 Å². The van der Waals surface area contributed by atoms with Gasteiger partial charge >= 0.3 is 0 Å². The third-order valence-corrected chi connectivity index (χ3v) is 5.96. The molecule has 0 fully saturated rings. The fraction of sp³-hybridized carbons (Fsp3) is 0.333. The predicted molar refractivity (Wildman–Crippen MR) is 61.9 cm³/mol. The number of hydrogen-bond acceptors (Lipinski definition) is 1. The molecule has 0 spiro atoms. The van der Waals surface area contributed by atoms with Crippen LogP contribution in [0.5, 0.6) is 0 Å². The highest BCUT2D eigenvalue weighted by Gasteiger charge is 2.29. The Balaban J connectivity index is 2.42. The summed E-state index contributed by atoms with van der Waals surface area (Å²) in [5.74, 6) is 0. The zero-order valence-electron chi connectivity index (χ0n) is 8.66. The van der Waals surface area contributed by atoms with Crippen molar-refractivity contribution in [2.75, 3.05) is 12.3 Å². The summed E-state index contributed by atoms with van der Waals surface area (Å²) in [5, 5.41) is 1.08. The van der Waals surface area contributed by atoms with Crippen molar-refractivity contribution in [3.8, 4) is 0 Å². The van der Waals surface area contributed by atoms with Gasteiger partial charge in [0.2, 0.25) is 0 Å². The van der Waals surface area contributed by atoms with Crippen LogP contribution in [0.15, 0.2) is 35.9 Å². The lowest BCUT2D eigenvalue weighted by Gasteiger charge is -2.14. The van der Waals surface area contributed by atoms with Crippen molar-refractivity contribution in [2.45, 2.75) is 13.8 Å². The first-order chi connectivity index (χ1) is 6.62.